The molecule has 22 heavy (non-hydrogen) atoms. The van der Waals surface area contributed by atoms with Crippen LogP contribution in [-0.2, 0) is 9.59 Å². The first-order valence-corrected chi connectivity index (χ1v) is 7.56. The Bertz CT molecular complexity index is 542. The summed E-state index contributed by atoms with van der Waals surface area (Å²) in [6, 6.07) is 9.35. The highest BCUT2D eigenvalue weighted by atomic mass is 16.2. The molecule has 1 aromatic rings. The van der Waals surface area contributed by atoms with E-state index in [1.54, 1.807) is 0 Å². The normalized spacial score (nSPS) is 26.1. The predicted octanol–water partition coefficient (Wildman–Crippen LogP) is -0.567. The Hall–Kier alpha value is -1.96. The van der Waals surface area contributed by atoms with E-state index in [1.165, 1.54) is 0 Å². The Labute approximate surface area is 129 Å². The molecule has 0 saturated carbocycles. The van der Waals surface area contributed by atoms with Crippen LogP contribution in [0.1, 0.15) is 24.4 Å². The van der Waals surface area contributed by atoms with Crippen LogP contribution in [0.5, 0.6) is 0 Å². The lowest BCUT2D eigenvalue weighted by atomic mass is 9.94. The van der Waals surface area contributed by atoms with E-state index in [2.05, 4.69) is 16.4 Å². The Balaban J connectivity index is 1.66. The Morgan fingerprint density at radius 2 is 1.77 bits per heavy atom. The summed E-state index contributed by atoms with van der Waals surface area (Å²) in [6.07, 6.45) is 1.29. The van der Waals surface area contributed by atoms with E-state index in [-0.39, 0.29) is 29.8 Å². The number of nitrogens with zero attached hydrogens (tertiary/aromatic N) is 1. The number of hydrogen-bond donors (Lipinski definition) is 4. The number of benzene rings is 1. The third kappa shape index (κ3) is 2.96. The Morgan fingerprint density at radius 1 is 1.09 bits per heavy atom. The Kier molecular flexibility index (Phi) is 4.37. The second kappa shape index (κ2) is 6.43. The van der Waals surface area contributed by atoms with Gasteiger partial charge in [-0.05, 0) is 18.4 Å². The number of amides is 2. The summed E-state index contributed by atoms with van der Waals surface area (Å²) in [5, 5.41) is 0. The molecule has 0 aromatic heterocycles. The number of piperidine rings is 1. The zero-order chi connectivity index (χ0) is 15.5. The highest BCUT2D eigenvalue weighted by Gasteiger charge is 2.37. The lowest BCUT2D eigenvalue weighted by molar-refractivity contribution is -0.136. The van der Waals surface area contributed by atoms with Gasteiger partial charge in [-0.15, -0.1) is 0 Å². The van der Waals surface area contributed by atoms with Crippen LogP contribution in [-0.4, -0.2) is 35.8 Å². The monoisotopic (exact) mass is 303 g/mol. The largest absolute Gasteiger partial charge is 0.369 e. The fourth-order valence-electron chi connectivity index (χ4n) is 3.09. The number of carbonyl (C=O) groups is 2. The molecule has 2 fully saturated rings. The second-order valence-corrected chi connectivity index (χ2v) is 5.78. The average molecular weight is 303 g/mol. The zero-order valence-electron chi connectivity index (χ0n) is 12.3. The van der Waals surface area contributed by atoms with Gasteiger partial charge < -0.3 is 10.6 Å². The van der Waals surface area contributed by atoms with Crippen molar-refractivity contribution in [1.29, 1.82) is 0 Å². The molecule has 1 aromatic carbocycles. The van der Waals surface area contributed by atoms with Gasteiger partial charge in [0.15, 0.2) is 0 Å². The molecule has 2 unspecified atom stereocenters. The molecular weight excluding hydrogens is 282 g/mol. The summed E-state index contributed by atoms with van der Waals surface area (Å²) in [4.78, 5) is 25.7. The maximum absolute atomic E-state index is 12.7. The van der Waals surface area contributed by atoms with Crippen molar-refractivity contribution in [2.24, 2.45) is 11.7 Å². The van der Waals surface area contributed by atoms with E-state index in [1.807, 2.05) is 35.2 Å². The molecule has 0 bridgehead atoms. The Morgan fingerprint density at radius 3 is 2.41 bits per heavy atom. The van der Waals surface area contributed by atoms with Crippen molar-refractivity contribution in [1.82, 2.24) is 21.3 Å². The number of nitrogens with one attached hydrogen (secondary N) is 3. The molecule has 2 saturated heterocycles. The summed E-state index contributed by atoms with van der Waals surface area (Å²) in [5.74, 6) is -0.340. The molecule has 0 spiro atoms. The fraction of sp³-hybridized carbons (Fsp3) is 0.467. The molecule has 2 heterocycles. The van der Waals surface area contributed by atoms with Crippen LogP contribution in [0, 0.1) is 5.92 Å². The van der Waals surface area contributed by atoms with Crippen molar-refractivity contribution in [2.45, 2.75) is 24.9 Å². The molecule has 7 heteroatoms. The van der Waals surface area contributed by atoms with Crippen LogP contribution in [0.25, 0.3) is 0 Å². The summed E-state index contributed by atoms with van der Waals surface area (Å²) < 4.78 is 0. The van der Waals surface area contributed by atoms with Gasteiger partial charge in [0.25, 0.3) is 0 Å². The van der Waals surface area contributed by atoms with Crippen LogP contribution in [0.4, 0.5) is 0 Å². The van der Waals surface area contributed by atoms with Gasteiger partial charge >= 0.3 is 0 Å². The standard InChI is InChI=1S/C15H21N5O2/c16-14(21)11-6-8-20(9-7-11)15(22)13-12(17-19-18-13)10-4-2-1-3-5-10/h1-5,11-13,17-19H,6-9H2,(H2,16,21). The van der Waals surface area contributed by atoms with Gasteiger partial charge in [0.1, 0.15) is 6.04 Å². The third-order valence-electron chi connectivity index (χ3n) is 4.42. The lowest BCUT2D eigenvalue weighted by Gasteiger charge is -2.33. The van der Waals surface area contributed by atoms with Gasteiger partial charge in [0, 0.05) is 19.0 Å². The topological polar surface area (TPSA) is 99.5 Å². The molecule has 2 aliphatic rings. The number of primary amides is 1. The van der Waals surface area contributed by atoms with Crippen molar-refractivity contribution in [2.75, 3.05) is 13.1 Å². The minimum absolute atomic E-state index is 0.0364. The summed E-state index contributed by atoms with van der Waals surface area (Å²) in [7, 11) is 0. The molecule has 2 aliphatic heterocycles. The van der Waals surface area contributed by atoms with E-state index in [0.717, 1.165) is 5.56 Å². The van der Waals surface area contributed by atoms with Gasteiger partial charge in [-0.25, -0.2) is 10.9 Å². The molecule has 7 nitrogen and oxygen atoms in total. The molecule has 2 atom stereocenters. The lowest BCUT2D eigenvalue weighted by Crippen LogP contribution is -2.50. The quantitative estimate of drug-likeness (QED) is 0.599. The number of rotatable bonds is 3. The maximum atomic E-state index is 12.7. The minimum atomic E-state index is -0.368. The number of hydrazine groups is 2. The molecule has 5 N–H and O–H groups in total. The second-order valence-electron chi connectivity index (χ2n) is 5.78. The maximum Gasteiger partial charge on any atom is 0.243 e. The molecule has 118 valence electrons. The highest BCUT2D eigenvalue weighted by molar-refractivity contribution is 5.84. The van der Waals surface area contributed by atoms with E-state index < -0.39 is 0 Å². The summed E-state index contributed by atoms with van der Waals surface area (Å²) in [5.41, 5.74) is 15.3. The van der Waals surface area contributed by atoms with E-state index in [9.17, 15) is 9.59 Å². The number of nitrogens with two attached hydrogens (primary N) is 1. The van der Waals surface area contributed by atoms with Crippen molar-refractivity contribution < 1.29 is 9.59 Å². The van der Waals surface area contributed by atoms with Gasteiger partial charge in [-0.2, -0.15) is 5.53 Å². The van der Waals surface area contributed by atoms with Gasteiger partial charge in [0.2, 0.25) is 11.8 Å². The van der Waals surface area contributed by atoms with Gasteiger partial charge in [0.05, 0.1) is 6.04 Å². The number of hydrogen-bond acceptors (Lipinski definition) is 5. The first-order chi connectivity index (χ1) is 10.7. The SMILES string of the molecule is NC(=O)C1CCN(C(=O)C2NNNC2c2ccccc2)CC1. The summed E-state index contributed by atoms with van der Waals surface area (Å²) >= 11 is 0. The van der Waals surface area contributed by atoms with E-state index in [4.69, 9.17) is 5.73 Å². The minimum Gasteiger partial charge on any atom is -0.369 e. The first kappa shape index (κ1) is 15.0. The van der Waals surface area contributed by atoms with Crippen LogP contribution >= 0.6 is 0 Å². The molecule has 3 rings (SSSR count). The van der Waals surface area contributed by atoms with Crippen LogP contribution in [0.2, 0.25) is 0 Å². The first-order valence-electron chi connectivity index (χ1n) is 7.56. The van der Waals surface area contributed by atoms with E-state index >= 15 is 0 Å². The molecule has 0 aliphatic carbocycles. The van der Waals surface area contributed by atoms with Crippen molar-refractivity contribution in [3.63, 3.8) is 0 Å². The van der Waals surface area contributed by atoms with Gasteiger partial charge in [-0.1, -0.05) is 30.3 Å². The fourth-order valence-corrected chi connectivity index (χ4v) is 3.09. The van der Waals surface area contributed by atoms with Crippen LogP contribution < -0.4 is 22.1 Å². The van der Waals surface area contributed by atoms with Crippen molar-refractivity contribution in [3.8, 4) is 0 Å². The number of carbonyl (C=O) groups excluding carboxylic acids is 2. The third-order valence-corrected chi connectivity index (χ3v) is 4.42. The molecule has 2 amide bonds. The predicted molar refractivity (Wildman–Crippen MR) is 80.9 cm³/mol. The smallest absolute Gasteiger partial charge is 0.243 e. The van der Waals surface area contributed by atoms with Crippen molar-refractivity contribution >= 4 is 11.8 Å². The van der Waals surface area contributed by atoms with Crippen LogP contribution in [0.15, 0.2) is 30.3 Å². The average Bonchev–Trinajstić information content (AvgIpc) is 3.04. The summed E-state index contributed by atoms with van der Waals surface area (Å²) in [6.45, 7) is 1.15. The van der Waals surface area contributed by atoms with Crippen LogP contribution in [0.3, 0.4) is 0 Å². The zero-order valence-corrected chi connectivity index (χ0v) is 12.3. The number of likely N-dealkylation sites (tertiary alicyclic amines) is 1. The van der Waals surface area contributed by atoms with Crippen molar-refractivity contribution in [3.05, 3.63) is 35.9 Å². The van der Waals surface area contributed by atoms with Gasteiger partial charge in [-0.3, -0.25) is 9.59 Å². The van der Waals surface area contributed by atoms with E-state index in [0.29, 0.717) is 25.9 Å². The highest BCUT2D eigenvalue weighted by Crippen LogP contribution is 2.23. The molecule has 0 radical (unpaired) electrons. The molecular formula is C15H21N5O2.